The number of urea groups is 1. The van der Waals surface area contributed by atoms with Crippen LogP contribution in [-0.2, 0) is 4.79 Å². The van der Waals surface area contributed by atoms with Gasteiger partial charge in [-0.2, -0.15) is 0 Å². The number of carboxylic acids is 1. The molecule has 1 aromatic rings. The van der Waals surface area contributed by atoms with Crippen molar-refractivity contribution in [2.75, 3.05) is 5.32 Å². The third-order valence-electron chi connectivity index (χ3n) is 2.70. The zero-order chi connectivity index (χ0) is 15.3. The molecular formula is C13H16BrFN2O3. The van der Waals surface area contributed by atoms with Gasteiger partial charge in [-0.25, -0.2) is 14.0 Å². The number of carbonyl (C=O) groups is 2. The Kier molecular flexibility index (Phi) is 5.94. The van der Waals surface area contributed by atoms with Gasteiger partial charge in [0.15, 0.2) is 0 Å². The molecule has 0 fully saturated rings. The molecule has 2 amide bonds. The first-order valence-electron chi connectivity index (χ1n) is 6.11. The van der Waals surface area contributed by atoms with Gasteiger partial charge in [0.1, 0.15) is 11.9 Å². The van der Waals surface area contributed by atoms with E-state index in [0.29, 0.717) is 24.1 Å². The van der Waals surface area contributed by atoms with E-state index in [9.17, 15) is 14.0 Å². The summed E-state index contributed by atoms with van der Waals surface area (Å²) in [6.07, 6.45) is 0.979. The molecule has 1 aromatic carbocycles. The van der Waals surface area contributed by atoms with E-state index in [1.54, 1.807) is 6.92 Å². The van der Waals surface area contributed by atoms with Crippen LogP contribution in [0, 0.1) is 12.7 Å². The molecule has 0 aliphatic rings. The summed E-state index contributed by atoms with van der Waals surface area (Å²) in [4.78, 5) is 22.7. The minimum atomic E-state index is -1.08. The van der Waals surface area contributed by atoms with Crippen molar-refractivity contribution < 1.29 is 19.1 Å². The summed E-state index contributed by atoms with van der Waals surface area (Å²) >= 11 is 3.03. The van der Waals surface area contributed by atoms with Crippen LogP contribution in [0.5, 0.6) is 0 Å². The van der Waals surface area contributed by atoms with Crippen LogP contribution in [0.4, 0.5) is 14.9 Å². The van der Waals surface area contributed by atoms with Gasteiger partial charge in [0.2, 0.25) is 0 Å². The highest BCUT2D eigenvalue weighted by atomic mass is 79.9. The van der Waals surface area contributed by atoms with Gasteiger partial charge in [-0.3, -0.25) is 0 Å². The smallest absolute Gasteiger partial charge is 0.326 e. The number of nitrogens with one attached hydrogen (secondary N) is 2. The molecular weight excluding hydrogens is 331 g/mol. The average Bonchev–Trinajstić information content (AvgIpc) is 2.35. The third-order valence-corrected chi connectivity index (χ3v) is 3.30. The summed E-state index contributed by atoms with van der Waals surface area (Å²) in [5.74, 6) is -1.51. The summed E-state index contributed by atoms with van der Waals surface area (Å²) in [7, 11) is 0. The minimum Gasteiger partial charge on any atom is -0.480 e. The zero-order valence-electron chi connectivity index (χ0n) is 11.2. The van der Waals surface area contributed by atoms with Crippen LogP contribution in [-0.4, -0.2) is 23.1 Å². The molecule has 20 heavy (non-hydrogen) atoms. The van der Waals surface area contributed by atoms with Crippen molar-refractivity contribution in [3.05, 3.63) is 28.0 Å². The first-order chi connectivity index (χ1) is 9.35. The number of halogens is 2. The number of rotatable bonds is 5. The molecule has 0 heterocycles. The molecule has 110 valence electrons. The van der Waals surface area contributed by atoms with Gasteiger partial charge in [-0.05, 0) is 47.0 Å². The quantitative estimate of drug-likeness (QED) is 0.765. The van der Waals surface area contributed by atoms with Crippen LogP contribution in [0.3, 0.4) is 0 Å². The van der Waals surface area contributed by atoms with Crippen LogP contribution in [0.1, 0.15) is 25.3 Å². The Morgan fingerprint density at radius 1 is 1.45 bits per heavy atom. The fourth-order valence-electron chi connectivity index (χ4n) is 1.64. The maximum Gasteiger partial charge on any atom is 0.326 e. The molecule has 0 aromatic heterocycles. The normalized spacial score (nSPS) is 11.8. The van der Waals surface area contributed by atoms with Gasteiger partial charge in [-0.1, -0.05) is 13.3 Å². The second-order valence-corrected chi connectivity index (χ2v) is 5.21. The van der Waals surface area contributed by atoms with Crippen LogP contribution in [0.2, 0.25) is 0 Å². The Balaban J connectivity index is 2.75. The van der Waals surface area contributed by atoms with Crippen molar-refractivity contribution in [3.8, 4) is 0 Å². The molecule has 0 unspecified atom stereocenters. The fourth-order valence-corrected chi connectivity index (χ4v) is 1.99. The van der Waals surface area contributed by atoms with Crippen LogP contribution in [0.25, 0.3) is 0 Å². The number of aliphatic carboxylic acids is 1. The van der Waals surface area contributed by atoms with Crippen molar-refractivity contribution in [2.45, 2.75) is 32.7 Å². The second kappa shape index (κ2) is 7.23. The predicted molar refractivity (Wildman–Crippen MR) is 77.3 cm³/mol. The van der Waals surface area contributed by atoms with E-state index < -0.39 is 23.9 Å². The lowest BCUT2D eigenvalue weighted by atomic mass is 10.1. The molecule has 1 rings (SSSR count). The summed E-state index contributed by atoms with van der Waals surface area (Å²) in [5.41, 5.74) is 0.958. The van der Waals surface area contributed by atoms with Crippen LogP contribution >= 0.6 is 15.9 Å². The molecule has 0 radical (unpaired) electrons. The number of carboxylic acid groups (broad SMARTS) is 1. The van der Waals surface area contributed by atoms with E-state index in [0.717, 1.165) is 0 Å². The van der Waals surface area contributed by atoms with Gasteiger partial charge in [0.05, 0.1) is 4.47 Å². The lowest BCUT2D eigenvalue weighted by molar-refractivity contribution is -0.139. The number of anilines is 1. The molecule has 1 atom stereocenters. The van der Waals surface area contributed by atoms with Gasteiger partial charge < -0.3 is 15.7 Å². The second-order valence-electron chi connectivity index (χ2n) is 4.36. The van der Waals surface area contributed by atoms with E-state index in [1.807, 2.05) is 6.92 Å². The summed E-state index contributed by atoms with van der Waals surface area (Å²) in [6, 6.07) is 1.14. The van der Waals surface area contributed by atoms with Crippen molar-refractivity contribution in [3.63, 3.8) is 0 Å². The molecule has 0 saturated heterocycles. The Labute approximate surface area is 124 Å². The monoisotopic (exact) mass is 346 g/mol. The first-order valence-corrected chi connectivity index (χ1v) is 6.90. The van der Waals surface area contributed by atoms with Gasteiger partial charge >= 0.3 is 12.0 Å². The van der Waals surface area contributed by atoms with Gasteiger partial charge in [0.25, 0.3) is 0 Å². The molecule has 0 saturated carbocycles. The standard InChI is InChI=1S/C13H16BrFN2O3/c1-3-4-10(12(18)19)16-13(20)17-11-6-8(14)9(15)5-7(11)2/h5-6,10H,3-4H2,1-2H3,(H,18,19)(H2,16,17,20)/t10-/m0/s1. The molecule has 0 bridgehead atoms. The van der Waals surface area contributed by atoms with Crippen molar-refractivity contribution in [1.82, 2.24) is 5.32 Å². The van der Waals surface area contributed by atoms with E-state index in [-0.39, 0.29) is 4.47 Å². The van der Waals surface area contributed by atoms with Crippen molar-refractivity contribution >= 4 is 33.6 Å². The minimum absolute atomic E-state index is 0.224. The van der Waals surface area contributed by atoms with Gasteiger partial charge in [-0.15, -0.1) is 0 Å². The summed E-state index contributed by atoms with van der Waals surface area (Å²) in [5, 5.41) is 13.8. The fraction of sp³-hybridized carbons (Fsp3) is 0.385. The lowest BCUT2D eigenvalue weighted by Crippen LogP contribution is -2.43. The lowest BCUT2D eigenvalue weighted by Gasteiger charge is -2.15. The third kappa shape index (κ3) is 4.48. The highest BCUT2D eigenvalue weighted by molar-refractivity contribution is 9.10. The number of carbonyl (C=O) groups excluding carboxylic acids is 1. The van der Waals surface area contributed by atoms with Gasteiger partial charge in [0, 0.05) is 5.69 Å². The van der Waals surface area contributed by atoms with E-state index in [2.05, 4.69) is 26.6 Å². The number of amides is 2. The first kappa shape index (κ1) is 16.4. The number of hydrogen-bond acceptors (Lipinski definition) is 2. The van der Waals surface area contributed by atoms with Crippen molar-refractivity contribution in [2.24, 2.45) is 0 Å². The molecule has 5 nitrogen and oxygen atoms in total. The van der Waals surface area contributed by atoms with E-state index >= 15 is 0 Å². The SMILES string of the molecule is CCC[C@H](NC(=O)Nc1cc(Br)c(F)cc1C)C(=O)O. The highest BCUT2D eigenvalue weighted by Gasteiger charge is 2.19. The van der Waals surface area contributed by atoms with E-state index in [4.69, 9.17) is 5.11 Å². The zero-order valence-corrected chi connectivity index (χ0v) is 12.8. The van der Waals surface area contributed by atoms with Crippen LogP contribution in [0.15, 0.2) is 16.6 Å². The van der Waals surface area contributed by atoms with E-state index in [1.165, 1.54) is 12.1 Å². The molecule has 7 heteroatoms. The Morgan fingerprint density at radius 2 is 2.10 bits per heavy atom. The maximum atomic E-state index is 13.3. The Bertz CT molecular complexity index is 523. The van der Waals surface area contributed by atoms with Crippen molar-refractivity contribution in [1.29, 1.82) is 0 Å². The number of benzene rings is 1. The topological polar surface area (TPSA) is 78.4 Å². The molecule has 0 aliphatic heterocycles. The largest absolute Gasteiger partial charge is 0.480 e. The Hall–Kier alpha value is -1.63. The average molecular weight is 347 g/mol. The molecule has 3 N–H and O–H groups in total. The summed E-state index contributed by atoms with van der Waals surface area (Å²) in [6.45, 7) is 3.47. The van der Waals surface area contributed by atoms with Crippen LogP contribution < -0.4 is 10.6 Å². The summed E-state index contributed by atoms with van der Waals surface area (Å²) < 4.78 is 13.5. The molecule has 0 spiro atoms. The molecule has 0 aliphatic carbocycles. The highest BCUT2D eigenvalue weighted by Crippen LogP contribution is 2.24. The number of hydrogen-bond donors (Lipinski definition) is 3. The Morgan fingerprint density at radius 3 is 2.65 bits per heavy atom. The number of aryl methyl sites for hydroxylation is 1. The maximum absolute atomic E-state index is 13.3. The predicted octanol–water partition coefficient (Wildman–Crippen LogP) is 3.27.